The number of carboxylic acid groups (broad SMARTS) is 1. The summed E-state index contributed by atoms with van der Waals surface area (Å²) in [6.07, 6.45) is 2.67. The van der Waals surface area contributed by atoms with E-state index in [1.807, 2.05) is 6.07 Å². The molecule has 3 N–H and O–H groups in total. The average molecular weight is 397 g/mol. The summed E-state index contributed by atoms with van der Waals surface area (Å²) < 4.78 is 32.1. The second-order valence-electron chi connectivity index (χ2n) is 7.62. The first kappa shape index (κ1) is 17.7. The molecule has 2 aromatic carbocycles. The molecule has 1 aromatic heterocycles. The molecule has 6 nitrogen and oxygen atoms in total. The lowest BCUT2D eigenvalue weighted by Gasteiger charge is -2.22. The SMILES string of the molecule is Nc1ccc2c(c1)CN(c1c(F)cc3c(=O)c(C(=O)O)cn(C4CC4)c3c1F)C2. The number of nitrogens with zero attached hydrogens (tertiary/aromatic N) is 2. The van der Waals surface area contributed by atoms with Gasteiger partial charge in [-0.25, -0.2) is 13.6 Å². The Morgan fingerprint density at radius 3 is 2.55 bits per heavy atom. The monoisotopic (exact) mass is 397 g/mol. The zero-order valence-corrected chi connectivity index (χ0v) is 15.3. The Balaban J connectivity index is 1.73. The number of aromatic nitrogens is 1. The lowest BCUT2D eigenvalue weighted by Crippen LogP contribution is -2.22. The molecule has 0 spiro atoms. The molecule has 2 aliphatic rings. The maximum absolute atomic E-state index is 15.6. The maximum atomic E-state index is 15.6. The highest BCUT2D eigenvalue weighted by Crippen LogP contribution is 2.41. The molecular formula is C21H17F2N3O3. The number of aromatic carboxylic acids is 1. The molecule has 1 aliphatic heterocycles. The van der Waals surface area contributed by atoms with Crippen molar-refractivity contribution >= 4 is 28.2 Å². The maximum Gasteiger partial charge on any atom is 0.341 e. The number of halogens is 2. The first-order valence-electron chi connectivity index (χ1n) is 9.27. The number of nitrogens with two attached hydrogens (primary N) is 1. The van der Waals surface area contributed by atoms with E-state index < -0.39 is 28.6 Å². The van der Waals surface area contributed by atoms with Crippen molar-refractivity contribution in [3.05, 3.63) is 69.0 Å². The molecule has 148 valence electrons. The van der Waals surface area contributed by atoms with E-state index >= 15 is 4.39 Å². The van der Waals surface area contributed by atoms with Crippen LogP contribution in [0.5, 0.6) is 0 Å². The number of anilines is 2. The minimum Gasteiger partial charge on any atom is -0.477 e. The van der Waals surface area contributed by atoms with Gasteiger partial charge in [0.15, 0.2) is 5.82 Å². The third-order valence-electron chi connectivity index (χ3n) is 5.62. The summed E-state index contributed by atoms with van der Waals surface area (Å²) in [5, 5.41) is 9.07. The number of carboxylic acids is 1. The molecule has 0 atom stereocenters. The van der Waals surface area contributed by atoms with Crippen molar-refractivity contribution in [2.24, 2.45) is 0 Å². The van der Waals surface area contributed by atoms with E-state index in [1.54, 1.807) is 17.0 Å². The van der Waals surface area contributed by atoms with Crippen LogP contribution in [0.15, 0.2) is 35.3 Å². The molecule has 0 radical (unpaired) electrons. The van der Waals surface area contributed by atoms with E-state index in [0.29, 0.717) is 18.8 Å². The van der Waals surface area contributed by atoms with Crippen LogP contribution < -0.4 is 16.1 Å². The quantitative estimate of drug-likeness (QED) is 0.661. The molecule has 0 bridgehead atoms. The van der Waals surface area contributed by atoms with Crippen molar-refractivity contribution in [3.63, 3.8) is 0 Å². The Kier molecular flexibility index (Phi) is 3.68. The summed E-state index contributed by atoms with van der Waals surface area (Å²) in [6, 6.07) is 6.22. The highest BCUT2D eigenvalue weighted by atomic mass is 19.1. The van der Waals surface area contributed by atoms with E-state index in [9.17, 15) is 19.1 Å². The van der Waals surface area contributed by atoms with Gasteiger partial charge in [0.1, 0.15) is 17.1 Å². The second kappa shape index (κ2) is 6.04. The van der Waals surface area contributed by atoms with Crippen LogP contribution in [0, 0.1) is 11.6 Å². The van der Waals surface area contributed by atoms with Crippen LogP contribution in [-0.4, -0.2) is 15.6 Å². The van der Waals surface area contributed by atoms with Crippen molar-refractivity contribution in [2.75, 3.05) is 10.6 Å². The molecule has 8 heteroatoms. The molecule has 1 fully saturated rings. The predicted molar refractivity (Wildman–Crippen MR) is 104 cm³/mol. The number of hydrogen-bond acceptors (Lipinski definition) is 4. The van der Waals surface area contributed by atoms with Gasteiger partial charge in [-0.3, -0.25) is 4.79 Å². The highest BCUT2D eigenvalue weighted by Gasteiger charge is 2.32. The Morgan fingerprint density at radius 2 is 1.86 bits per heavy atom. The summed E-state index contributed by atoms with van der Waals surface area (Å²) in [7, 11) is 0. The molecule has 0 unspecified atom stereocenters. The van der Waals surface area contributed by atoms with Crippen LogP contribution in [0.25, 0.3) is 10.9 Å². The summed E-state index contributed by atoms with van der Waals surface area (Å²) in [6.45, 7) is 0.608. The van der Waals surface area contributed by atoms with Gasteiger partial charge in [-0.15, -0.1) is 0 Å². The van der Waals surface area contributed by atoms with E-state index in [4.69, 9.17) is 5.73 Å². The zero-order valence-electron chi connectivity index (χ0n) is 15.3. The fraction of sp³-hybridized carbons (Fsp3) is 0.238. The topological polar surface area (TPSA) is 88.6 Å². The van der Waals surface area contributed by atoms with Crippen molar-refractivity contribution < 1.29 is 18.7 Å². The van der Waals surface area contributed by atoms with Crippen LogP contribution in [0.4, 0.5) is 20.2 Å². The molecule has 5 rings (SSSR count). The van der Waals surface area contributed by atoms with E-state index in [1.165, 1.54) is 10.8 Å². The molecule has 1 aliphatic carbocycles. The van der Waals surface area contributed by atoms with Crippen molar-refractivity contribution in [1.82, 2.24) is 4.57 Å². The smallest absolute Gasteiger partial charge is 0.341 e. The summed E-state index contributed by atoms with van der Waals surface area (Å²) in [4.78, 5) is 25.6. The predicted octanol–water partition coefficient (Wildman–Crippen LogP) is 3.42. The van der Waals surface area contributed by atoms with Gasteiger partial charge < -0.3 is 20.3 Å². The number of pyridine rings is 1. The molecule has 1 saturated carbocycles. The standard InChI is InChI=1S/C21H17F2N3O3/c22-16-6-14-18(26(13-3-4-13)9-15(20(14)27)21(28)29)17(23)19(16)25-7-10-1-2-12(24)5-11(10)8-25/h1-2,5-6,9,13H,3-4,7-8,24H2,(H,28,29). The zero-order chi connectivity index (χ0) is 20.4. The van der Waals surface area contributed by atoms with Gasteiger partial charge in [0.2, 0.25) is 5.43 Å². The molecule has 3 aromatic rings. The molecule has 2 heterocycles. The van der Waals surface area contributed by atoms with Gasteiger partial charge in [0.05, 0.1) is 10.9 Å². The molecular weight excluding hydrogens is 380 g/mol. The van der Waals surface area contributed by atoms with Gasteiger partial charge in [-0.1, -0.05) is 6.07 Å². The van der Waals surface area contributed by atoms with Crippen molar-refractivity contribution in [1.29, 1.82) is 0 Å². The first-order valence-corrected chi connectivity index (χ1v) is 9.27. The second-order valence-corrected chi connectivity index (χ2v) is 7.62. The Morgan fingerprint density at radius 1 is 1.14 bits per heavy atom. The average Bonchev–Trinajstić information content (AvgIpc) is 3.42. The number of hydrogen-bond donors (Lipinski definition) is 2. The Hall–Kier alpha value is -3.42. The molecule has 0 saturated heterocycles. The minimum absolute atomic E-state index is 0.0469. The Labute approximate surface area is 163 Å². The van der Waals surface area contributed by atoms with Crippen LogP contribution in [0.1, 0.15) is 40.4 Å². The van der Waals surface area contributed by atoms with Crippen LogP contribution in [0.2, 0.25) is 0 Å². The van der Waals surface area contributed by atoms with Gasteiger partial charge in [0.25, 0.3) is 0 Å². The van der Waals surface area contributed by atoms with Crippen molar-refractivity contribution in [2.45, 2.75) is 32.0 Å². The van der Waals surface area contributed by atoms with Gasteiger partial charge >= 0.3 is 5.97 Å². The third kappa shape index (κ3) is 2.66. The van der Waals surface area contributed by atoms with E-state index in [2.05, 4.69) is 0 Å². The molecule has 29 heavy (non-hydrogen) atoms. The third-order valence-corrected chi connectivity index (χ3v) is 5.62. The fourth-order valence-electron chi connectivity index (χ4n) is 4.09. The van der Waals surface area contributed by atoms with Crippen molar-refractivity contribution in [3.8, 4) is 0 Å². The molecule has 0 amide bonds. The number of nitrogen functional groups attached to an aromatic ring is 1. The summed E-state index contributed by atoms with van der Waals surface area (Å²) in [5.41, 5.74) is 6.58. The summed E-state index contributed by atoms with van der Waals surface area (Å²) in [5.74, 6) is -3.15. The lowest BCUT2D eigenvalue weighted by atomic mass is 10.1. The van der Waals surface area contributed by atoms with Crippen LogP contribution in [0.3, 0.4) is 0 Å². The lowest BCUT2D eigenvalue weighted by molar-refractivity contribution is 0.0695. The number of benzene rings is 2. The van der Waals surface area contributed by atoms with Gasteiger partial charge in [-0.2, -0.15) is 0 Å². The van der Waals surface area contributed by atoms with Gasteiger partial charge in [0, 0.05) is 31.0 Å². The number of fused-ring (bicyclic) bond motifs is 2. The number of carbonyl (C=O) groups is 1. The minimum atomic E-state index is -1.41. The van der Waals surface area contributed by atoms with Crippen LogP contribution >= 0.6 is 0 Å². The van der Waals surface area contributed by atoms with E-state index in [-0.39, 0.29) is 22.6 Å². The summed E-state index contributed by atoms with van der Waals surface area (Å²) >= 11 is 0. The first-order chi connectivity index (χ1) is 13.8. The normalized spacial score (nSPS) is 15.7. The fourth-order valence-corrected chi connectivity index (χ4v) is 4.09. The largest absolute Gasteiger partial charge is 0.477 e. The van der Waals surface area contributed by atoms with E-state index in [0.717, 1.165) is 30.0 Å². The number of rotatable bonds is 3. The van der Waals surface area contributed by atoms with Crippen LogP contribution in [-0.2, 0) is 13.1 Å². The van der Waals surface area contributed by atoms with Gasteiger partial charge in [-0.05, 0) is 42.2 Å². The Bertz CT molecular complexity index is 1260. The highest BCUT2D eigenvalue weighted by molar-refractivity contribution is 5.94.